The zero-order valence-electron chi connectivity index (χ0n) is 9.07. The Bertz CT molecular complexity index is 657. The molecule has 0 fully saturated rings. The monoisotopic (exact) mass is 300 g/mol. The minimum atomic E-state index is -1.21. The lowest BCUT2D eigenvalue weighted by molar-refractivity contribution is -0.385. The minimum absolute atomic E-state index is 0.0932. The molecule has 0 unspecified atom stereocenters. The van der Waals surface area contributed by atoms with Crippen molar-refractivity contribution < 1.29 is 19.6 Å². The highest BCUT2D eigenvalue weighted by molar-refractivity contribution is 7.11. The van der Waals surface area contributed by atoms with E-state index in [4.69, 9.17) is 21.4 Å². The van der Waals surface area contributed by atoms with Crippen LogP contribution in [0.2, 0.25) is 5.15 Å². The van der Waals surface area contributed by atoms with Crippen LogP contribution in [0.15, 0.2) is 23.6 Å². The number of carboxylic acids is 1. The lowest BCUT2D eigenvalue weighted by Gasteiger charge is -2.03. The number of hydrogen-bond donors (Lipinski definition) is 1. The molecule has 1 N–H and O–H groups in total. The highest BCUT2D eigenvalue weighted by atomic mass is 35.5. The fourth-order valence-corrected chi connectivity index (χ4v) is 2.06. The van der Waals surface area contributed by atoms with Crippen LogP contribution >= 0.6 is 22.9 Å². The summed E-state index contributed by atoms with van der Waals surface area (Å²) in [5, 5.41) is 21.5. The first kappa shape index (κ1) is 13.2. The molecule has 2 aromatic rings. The molecular weight excluding hydrogens is 296 g/mol. The molecule has 0 bridgehead atoms. The van der Waals surface area contributed by atoms with Crippen LogP contribution in [0.5, 0.6) is 10.9 Å². The summed E-state index contributed by atoms with van der Waals surface area (Å²) in [5.74, 6) is -1.41. The highest BCUT2D eigenvalue weighted by Crippen LogP contribution is 2.34. The second-order valence-corrected chi connectivity index (χ2v) is 4.49. The molecule has 0 radical (unpaired) electrons. The maximum absolute atomic E-state index is 10.8. The van der Waals surface area contributed by atoms with Crippen molar-refractivity contribution in [2.24, 2.45) is 0 Å². The first-order valence-corrected chi connectivity index (χ1v) is 6.04. The molecule has 1 heterocycles. The maximum Gasteiger partial charge on any atom is 0.335 e. The summed E-state index contributed by atoms with van der Waals surface area (Å²) < 4.78 is 5.20. The van der Waals surface area contributed by atoms with Crippen molar-refractivity contribution in [3.05, 3.63) is 44.4 Å². The minimum Gasteiger partial charge on any atom is -0.478 e. The highest BCUT2D eigenvalue weighted by Gasteiger charge is 2.19. The molecule has 7 nitrogen and oxygen atoms in total. The average Bonchev–Trinajstić information content (AvgIpc) is 2.74. The van der Waals surface area contributed by atoms with E-state index in [9.17, 15) is 14.9 Å². The van der Waals surface area contributed by atoms with Gasteiger partial charge in [-0.2, -0.15) is 4.98 Å². The Balaban J connectivity index is 2.42. The van der Waals surface area contributed by atoms with E-state index in [1.807, 2.05) is 0 Å². The number of nitro benzene ring substituents is 1. The summed E-state index contributed by atoms with van der Waals surface area (Å²) in [6.07, 6.45) is 0. The second-order valence-electron chi connectivity index (χ2n) is 3.28. The summed E-state index contributed by atoms with van der Waals surface area (Å²) in [4.78, 5) is 24.8. The third-order valence-corrected chi connectivity index (χ3v) is 3.10. The zero-order chi connectivity index (χ0) is 14.0. The van der Waals surface area contributed by atoms with Crippen LogP contribution in [0.4, 0.5) is 5.69 Å². The molecule has 0 atom stereocenters. The number of thiazole rings is 1. The molecule has 19 heavy (non-hydrogen) atoms. The first-order chi connectivity index (χ1) is 8.97. The normalized spacial score (nSPS) is 10.2. The lowest BCUT2D eigenvalue weighted by atomic mass is 10.2. The third-order valence-electron chi connectivity index (χ3n) is 2.06. The van der Waals surface area contributed by atoms with Gasteiger partial charge >= 0.3 is 11.7 Å². The summed E-state index contributed by atoms with van der Waals surface area (Å²) in [6.45, 7) is 0. The zero-order valence-corrected chi connectivity index (χ0v) is 10.6. The third kappa shape index (κ3) is 2.98. The van der Waals surface area contributed by atoms with E-state index in [1.54, 1.807) is 0 Å². The van der Waals surface area contributed by atoms with E-state index < -0.39 is 10.9 Å². The van der Waals surface area contributed by atoms with Gasteiger partial charge in [0, 0.05) is 17.5 Å². The van der Waals surface area contributed by atoms with E-state index >= 15 is 0 Å². The van der Waals surface area contributed by atoms with Crippen LogP contribution in [0.3, 0.4) is 0 Å². The molecular formula is C10H5ClN2O5S. The Hall–Kier alpha value is -2.19. The van der Waals surface area contributed by atoms with Crippen LogP contribution < -0.4 is 4.74 Å². The van der Waals surface area contributed by atoms with Crippen LogP contribution in [-0.4, -0.2) is 21.0 Å². The number of halogens is 1. The Morgan fingerprint density at radius 2 is 2.26 bits per heavy atom. The number of nitro groups is 1. The van der Waals surface area contributed by atoms with Crippen LogP contribution in [0.25, 0.3) is 0 Å². The molecule has 0 amide bonds. The molecule has 0 saturated carbocycles. The van der Waals surface area contributed by atoms with Gasteiger partial charge < -0.3 is 9.84 Å². The number of carbonyl (C=O) groups is 1. The van der Waals surface area contributed by atoms with Gasteiger partial charge in [0.2, 0.25) is 5.75 Å². The van der Waals surface area contributed by atoms with Gasteiger partial charge in [-0.25, -0.2) is 4.79 Å². The van der Waals surface area contributed by atoms with Gasteiger partial charge in [0.25, 0.3) is 5.19 Å². The van der Waals surface area contributed by atoms with Crippen molar-refractivity contribution >= 4 is 34.6 Å². The topological polar surface area (TPSA) is 103 Å². The molecule has 0 aliphatic rings. The summed E-state index contributed by atoms with van der Waals surface area (Å²) in [7, 11) is 0. The Morgan fingerprint density at radius 3 is 2.79 bits per heavy atom. The van der Waals surface area contributed by atoms with Gasteiger partial charge in [0.1, 0.15) is 5.15 Å². The molecule has 9 heteroatoms. The fraction of sp³-hybridized carbons (Fsp3) is 0. The second kappa shape index (κ2) is 5.21. The number of ether oxygens (including phenoxy) is 1. The Labute approximate surface area is 115 Å². The van der Waals surface area contributed by atoms with Crippen LogP contribution in [0.1, 0.15) is 10.4 Å². The summed E-state index contributed by atoms with van der Waals surface area (Å²) in [5.41, 5.74) is -0.473. The number of rotatable bonds is 4. The van der Waals surface area contributed by atoms with Crippen LogP contribution in [0, 0.1) is 10.1 Å². The molecule has 0 aliphatic carbocycles. The predicted octanol–water partition coefficient (Wildman–Crippen LogP) is 3.20. The molecule has 0 saturated heterocycles. The van der Waals surface area contributed by atoms with Gasteiger partial charge in [0.15, 0.2) is 0 Å². The number of benzene rings is 1. The Kier molecular flexibility index (Phi) is 3.63. The number of nitrogens with zero attached hydrogens (tertiary/aromatic N) is 2. The van der Waals surface area contributed by atoms with E-state index in [0.717, 1.165) is 29.5 Å². The van der Waals surface area contributed by atoms with Gasteiger partial charge in [-0.3, -0.25) is 10.1 Å². The number of carboxylic acid groups (broad SMARTS) is 1. The summed E-state index contributed by atoms with van der Waals surface area (Å²) in [6, 6.07) is 3.26. The van der Waals surface area contributed by atoms with Crippen molar-refractivity contribution in [2.75, 3.05) is 0 Å². The van der Waals surface area contributed by atoms with Crippen molar-refractivity contribution in [2.45, 2.75) is 0 Å². The van der Waals surface area contributed by atoms with Gasteiger partial charge in [0.05, 0.1) is 10.5 Å². The molecule has 1 aromatic heterocycles. The maximum atomic E-state index is 10.8. The van der Waals surface area contributed by atoms with E-state index in [1.165, 1.54) is 5.38 Å². The number of aromatic carboxylic acids is 1. The molecule has 1 aromatic carbocycles. The fourth-order valence-electron chi connectivity index (χ4n) is 1.26. The van der Waals surface area contributed by atoms with Crippen molar-refractivity contribution in [1.29, 1.82) is 0 Å². The van der Waals surface area contributed by atoms with E-state index in [-0.39, 0.29) is 27.3 Å². The number of aromatic nitrogens is 1. The first-order valence-electron chi connectivity index (χ1n) is 4.78. The quantitative estimate of drug-likeness (QED) is 0.687. The smallest absolute Gasteiger partial charge is 0.335 e. The van der Waals surface area contributed by atoms with Crippen LogP contribution in [-0.2, 0) is 0 Å². The largest absolute Gasteiger partial charge is 0.478 e. The van der Waals surface area contributed by atoms with E-state index in [2.05, 4.69) is 4.98 Å². The summed E-state index contributed by atoms with van der Waals surface area (Å²) >= 11 is 6.65. The van der Waals surface area contributed by atoms with Gasteiger partial charge in [-0.15, -0.1) is 0 Å². The molecule has 0 spiro atoms. The van der Waals surface area contributed by atoms with Crippen molar-refractivity contribution in [1.82, 2.24) is 4.98 Å². The Morgan fingerprint density at radius 1 is 1.53 bits per heavy atom. The number of hydrogen-bond acceptors (Lipinski definition) is 6. The standard InChI is InChI=1S/C10H5ClN2O5S/c11-8-4-19-10(12-8)18-7-3-5(9(14)15)1-2-6(7)13(16)17/h1-4H,(H,14,15). The van der Waals surface area contributed by atoms with Gasteiger partial charge in [-0.1, -0.05) is 22.9 Å². The van der Waals surface area contributed by atoms with Crippen molar-refractivity contribution in [3.8, 4) is 10.9 Å². The predicted molar refractivity (Wildman–Crippen MR) is 67.3 cm³/mol. The van der Waals surface area contributed by atoms with E-state index in [0.29, 0.717) is 0 Å². The van der Waals surface area contributed by atoms with Crippen molar-refractivity contribution in [3.63, 3.8) is 0 Å². The average molecular weight is 301 g/mol. The SMILES string of the molecule is O=C(O)c1ccc([N+](=O)[O-])c(Oc2nc(Cl)cs2)c1. The lowest BCUT2D eigenvalue weighted by Crippen LogP contribution is -1.99. The molecule has 2 rings (SSSR count). The molecule has 0 aliphatic heterocycles. The van der Waals surface area contributed by atoms with Gasteiger partial charge in [-0.05, 0) is 6.07 Å². The molecule has 98 valence electrons.